The van der Waals surface area contributed by atoms with E-state index in [0.29, 0.717) is 6.54 Å². The van der Waals surface area contributed by atoms with E-state index in [1.54, 1.807) is 0 Å². The van der Waals surface area contributed by atoms with Crippen LogP contribution < -0.4 is 16.6 Å². The maximum atomic E-state index is 12.6. The van der Waals surface area contributed by atoms with Crippen molar-refractivity contribution >= 4 is 11.6 Å². The van der Waals surface area contributed by atoms with E-state index in [9.17, 15) is 13.2 Å². The second-order valence-electron chi connectivity index (χ2n) is 4.41. The molecule has 0 amide bonds. The van der Waals surface area contributed by atoms with Gasteiger partial charge in [0, 0.05) is 12.6 Å². The molecule has 6 nitrogen and oxygen atoms in total. The molecule has 0 aromatic carbocycles. The summed E-state index contributed by atoms with van der Waals surface area (Å²) in [5, 5.41) is 2.86. The lowest BCUT2D eigenvalue weighted by molar-refractivity contribution is -0.144. The Hall–Kier alpha value is -1.61. The minimum absolute atomic E-state index is 0.0800. The van der Waals surface area contributed by atoms with E-state index in [1.807, 2.05) is 0 Å². The highest BCUT2D eigenvalue weighted by Crippen LogP contribution is 2.28. The maximum Gasteiger partial charge on any atom is 0.451 e. The number of alkyl halides is 3. The van der Waals surface area contributed by atoms with Gasteiger partial charge in [-0.25, -0.2) is 15.8 Å². The molecule has 9 heteroatoms. The van der Waals surface area contributed by atoms with Gasteiger partial charge in [-0.3, -0.25) is 0 Å². The highest BCUT2D eigenvalue weighted by molar-refractivity contribution is 5.47. The number of nitrogens with zero attached hydrogens (tertiary/aromatic N) is 3. The summed E-state index contributed by atoms with van der Waals surface area (Å²) < 4.78 is 37.9. The molecule has 120 valence electrons. The van der Waals surface area contributed by atoms with Crippen molar-refractivity contribution in [3.05, 3.63) is 11.9 Å². The van der Waals surface area contributed by atoms with Gasteiger partial charge in [0.05, 0.1) is 0 Å². The van der Waals surface area contributed by atoms with Crippen molar-refractivity contribution in [3.63, 3.8) is 0 Å². The van der Waals surface area contributed by atoms with E-state index in [-0.39, 0.29) is 11.6 Å². The van der Waals surface area contributed by atoms with Crippen molar-refractivity contribution in [1.29, 1.82) is 0 Å². The van der Waals surface area contributed by atoms with Crippen molar-refractivity contribution in [1.82, 2.24) is 14.9 Å². The van der Waals surface area contributed by atoms with Crippen molar-refractivity contribution < 1.29 is 13.2 Å². The van der Waals surface area contributed by atoms with Gasteiger partial charge >= 0.3 is 6.18 Å². The zero-order valence-electron chi connectivity index (χ0n) is 12.2. The number of hydrazine groups is 1. The number of aromatic nitrogens is 2. The Morgan fingerprint density at radius 1 is 1.19 bits per heavy atom. The van der Waals surface area contributed by atoms with E-state index >= 15 is 0 Å². The van der Waals surface area contributed by atoms with E-state index in [4.69, 9.17) is 5.84 Å². The third-order valence-electron chi connectivity index (χ3n) is 2.98. The van der Waals surface area contributed by atoms with Crippen LogP contribution in [0.15, 0.2) is 6.07 Å². The number of anilines is 2. The summed E-state index contributed by atoms with van der Waals surface area (Å²) in [4.78, 5) is 8.97. The van der Waals surface area contributed by atoms with Crippen LogP contribution >= 0.6 is 0 Å². The molecule has 0 aliphatic carbocycles. The zero-order chi connectivity index (χ0) is 15.9. The monoisotopic (exact) mass is 306 g/mol. The number of nitrogens with two attached hydrogens (primary N) is 1. The summed E-state index contributed by atoms with van der Waals surface area (Å²) in [6.45, 7) is 7.42. The van der Waals surface area contributed by atoms with Gasteiger partial charge in [-0.15, -0.1) is 0 Å². The Kier molecular flexibility index (Phi) is 6.63. The van der Waals surface area contributed by atoms with Gasteiger partial charge in [0.25, 0.3) is 0 Å². The van der Waals surface area contributed by atoms with Crippen LogP contribution in [0.3, 0.4) is 0 Å². The fraction of sp³-hybridized carbons (Fsp3) is 0.667. The van der Waals surface area contributed by atoms with Crippen molar-refractivity contribution in [2.24, 2.45) is 5.84 Å². The van der Waals surface area contributed by atoms with Gasteiger partial charge in [-0.05, 0) is 26.1 Å². The molecular weight excluding hydrogens is 285 g/mol. The number of nitrogens with one attached hydrogen (secondary N) is 2. The first-order valence-electron chi connectivity index (χ1n) is 6.79. The van der Waals surface area contributed by atoms with Gasteiger partial charge in [0.15, 0.2) is 0 Å². The molecule has 0 radical (unpaired) electrons. The van der Waals surface area contributed by atoms with Crippen LogP contribution in [0.2, 0.25) is 0 Å². The zero-order valence-corrected chi connectivity index (χ0v) is 12.2. The predicted molar refractivity (Wildman–Crippen MR) is 75.7 cm³/mol. The first-order valence-corrected chi connectivity index (χ1v) is 6.79. The van der Waals surface area contributed by atoms with E-state index in [0.717, 1.165) is 26.1 Å². The first kappa shape index (κ1) is 17.4. The minimum Gasteiger partial charge on any atom is -0.370 e. The fourth-order valence-electron chi connectivity index (χ4n) is 1.80. The molecule has 1 aromatic rings. The predicted octanol–water partition coefficient (Wildman–Crippen LogP) is 1.92. The standard InChI is InChI=1S/C12H21F3N6/c1-3-21(4-2)7-5-6-17-9-8-10(20-16)19-11(18-9)12(13,14)15/h8H,3-7,16H2,1-2H3,(H2,17,18,19,20). The molecule has 0 spiro atoms. The summed E-state index contributed by atoms with van der Waals surface area (Å²) in [5.41, 5.74) is 2.11. The summed E-state index contributed by atoms with van der Waals surface area (Å²) in [5.74, 6) is 3.92. The van der Waals surface area contributed by atoms with Gasteiger partial charge in [0.2, 0.25) is 5.82 Å². The summed E-state index contributed by atoms with van der Waals surface area (Å²) in [6, 6.07) is 1.34. The average molecular weight is 306 g/mol. The second kappa shape index (κ2) is 7.99. The third-order valence-corrected chi connectivity index (χ3v) is 2.98. The van der Waals surface area contributed by atoms with Crippen LogP contribution in [-0.2, 0) is 6.18 Å². The largest absolute Gasteiger partial charge is 0.451 e. The van der Waals surface area contributed by atoms with Crippen LogP contribution in [0.1, 0.15) is 26.1 Å². The molecule has 0 atom stereocenters. The van der Waals surface area contributed by atoms with E-state index in [2.05, 4.69) is 39.5 Å². The quantitative estimate of drug-likeness (QED) is 0.387. The van der Waals surface area contributed by atoms with Gasteiger partial charge in [0.1, 0.15) is 11.6 Å². The van der Waals surface area contributed by atoms with Crippen LogP contribution in [0.4, 0.5) is 24.8 Å². The average Bonchev–Trinajstić information content (AvgIpc) is 2.46. The second-order valence-corrected chi connectivity index (χ2v) is 4.41. The molecule has 0 fully saturated rings. The number of nitrogen functional groups attached to an aromatic ring is 1. The van der Waals surface area contributed by atoms with Gasteiger partial charge in [-0.1, -0.05) is 13.8 Å². The Balaban J connectivity index is 2.62. The molecule has 0 saturated carbocycles. The molecule has 21 heavy (non-hydrogen) atoms. The Bertz CT molecular complexity index is 433. The molecule has 0 aliphatic rings. The topological polar surface area (TPSA) is 79.1 Å². The van der Waals surface area contributed by atoms with Crippen LogP contribution in [0, 0.1) is 0 Å². The molecule has 1 rings (SSSR count). The summed E-state index contributed by atoms with van der Waals surface area (Å²) in [6.07, 6.45) is -3.80. The van der Waals surface area contributed by atoms with E-state index in [1.165, 1.54) is 6.07 Å². The first-order chi connectivity index (χ1) is 9.90. The van der Waals surface area contributed by atoms with Crippen molar-refractivity contribution in [3.8, 4) is 0 Å². The van der Waals surface area contributed by atoms with Crippen molar-refractivity contribution in [2.75, 3.05) is 36.9 Å². The van der Waals surface area contributed by atoms with Crippen LogP contribution in [-0.4, -0.2) is 41.0 Å². The normalized spacial score (nSPS) is 11.8. The maximum absolute atomic E-state index is 12.6. The number of hydrogen-bond acceptors (Lipinski definition) is 6. The molecule has 1 aromatic heterocycles. The van der Waals surface area contributed by atoms with Crippen LogP contribution in [0.5, 0.6) is 0 Å². The van der Waals surface area contributed by atoms with Crippen LogP contribution in [0.25, 0.3) is 0 Å². The Labute approximate surface area is 121 Å². The Morgan fingerprint density at radius 2 is 1.81 bits per heavy atom. The molecule has 0 saturated heterocycles. The molecular formula is C12H21F3N6. The number of halogens is 3. The van der Waals surface area contributed by atoms with E-state index < -0.39 is 12.0 Å². The lowest BCUT2D eigenvalue weighted by atomic mass is 10.3. The third kappa shape index (κ3) is 5.72. The molecule has 0 unspecified atom stereocenters. The lowest BCUT2D eigenvalue weighted by Gasteiger charge is -2.18. The molecule has 1 heterocycles. The smallest absolute Gasteiger partial charge is 0.370 e. The number of hydrogen-bond donors (Lipinski definition) is 3. The SMILES string of the molecule is CCN(CC)CCCNc1cc(NN)nc(C(F)(F)F)n1. The highest BCUT2D eigenvalue weighted by Gasteiger charge is 2.35. The van der Waals surface area contributed by atoms with Gasteiger partial charge in [-0.2, -0.15) is 13.2 Å². The highest BCUT2D eigenvalue weighted by atomic mass is 19.4. The lowest BCUT2D eigenvalue weighted by Crippen LogP contribution is -2.25. The van der Waals surface area contributed by atoms with Gasteiger partial charge < -0.3 is 15.6 Å². The minimum atomic E-state index is -4.61. The molecule has 0 bridgehead atoms. The fourth-order valence-corrected chi connectivity index (χ4v) is 1.80. The molecule has 0 aliphatic heterocycles. The molecule has 4 N–H and O–H groups in total. The Morgan fingerprint density at radius 3 is 2.33 bits per heavy atom. The summed E-state index contributed by atoms with van der Waals surface area (Å²) in [7, 11) is 0. The van der Waals surface area contributed by atoms with Crippen molar-refractivity contribution in [2.45, 2.75) is 26.4 Å². The summed E-state index contributed by atoms with van der Waals surface area (Å²) >= 11 is 0. The number of rotatable bonds is 8.